The van der Waals surface area contributed by atoms with Crippen LogP contribution in [0.5, 0.6) is 0 Å². The number of anilines is 1. The summed E-state index contributed by atoms with van der Waals surface area (Å²) in [6.45, 7) is -0.262. The third kappa shape index (κ3) is 3.74. The molecule has 0 spiro atoms. The average Bonchev–Trinajstić information content (AvgIpc) is 3.27. The second-order valence-electron chi connectivity index (χ2n) is 6.75. The topological polar surface area (TPSA) is 180 Å². The summed E-state index contributed by atoms with van der Waals surface area (Å²) in [6, 6.07) is 5.80. The number of imidazole rings is 1. The van der Waals surface area contributed by atoms with Crippen LogP contribution in [0.3, 0.4) is 0 Å². The molecule has 0 saturated carbocycles. The summed E-state index contributed by atoms with van der Waals surface area (Å²) in [5, 5.41) is 32.5. The van der Waals surface area contributed by atoms with E-state index in [4.69, 9.17) is 4.74 Å². The van der Waals surface area contributed by atoms with Crippen molar-refractivity contribution in [3.8, 4) is 0 Å². The minimum absolute atomic E-state index is 0.191. The van der Waals surface area contributed by atoms with Gasteiger partial charge in [-0.2, -0.15) is 8.42 Å². The van der Waals surface area contributed by atoms with Crippen molar-refractivity contribution in [2.45, 2.75) is 36.0 Å². The van der Waals surface area contributed by atoms with Crippen molar-refractivity contribution in [2.75, 3.05) is 11.9 Å². The number of fused-ring (bicyclic) bond motifs is 1. The molecule has 12 nitrogen and oxygen atoms in total. The fourth-order valence-corrected chi connectivity index (χ4v) is 3.83. The molecule has 3 heterocycles. The first-order chi connectivity index (χ1) is 14.3. The van der Waals surface area contributed by atoms with Gasteiger partial charge in [0.05, 0.1) is 17.8 Å². The molecule has 160 valence electrons. The molecule has 1 saturated heterocycles. The number of aliphatic hydroxyl groups is 3. The van der Waals surface area contributed by atoms with Gasteiger partial charge in [0.25, 0.3) is 10.1 Å². The predicted molar refractivity (Wildman–Crippen MR) is 102 cm³/mol. The fourth-order valence-electron chi connectivity index (χ4n) is 3.28. The maximum atomic E-state index is 11.3. The van der Waals surface area contributed by atoms with Crippen molar-refractivity contribution < 1.29 is 33.0 Å². The number of hydrogen-bond donors (Lipinski definition) is 5. The summed E-state index contributed by atoms with van der Waals surface area (Å²) in [5.41, 5.74) is 1.27. The van der Waals surface area contributed by atoms with Crippen LogP contribution >= 0.6 is 0 Å². The molecule has 1 aliphatic rings. The van der Waals surface area contributed by atoms with Crippen molar-refractivity contribution in [3.63, 3.8) is 0 Å². The highest BCUT2D eigenvalue weighted by Crippen LogP contribution is 2.32. The van der Waals surface area contributed by atoms with Crippen LogP contribution in [0.15, 0.2) is 41.8 Å². The Morgan fingerprint density at radius 1 is 1.17 bits per heavy atom. The number of ether oxygens (including phenoxy) is 1. The van der Waals surface area contributed by atoms with Gasteiger partial charge in [0.1, 0.15) is 24.6 Å². The van der Waals surface area contributed by atoms with E-state index in [1.165, 1.54) is 35.4 Å². The molecule has 4 rings (SSSR count). The van der Waals surface area contributed by atoms with E-state index in [0.29, 0.717) is 22.5 Å². The largest absolute Gasteiger partial charge is 0.394 e. The second-order valence-corrected chi connectivity index (χ2v) is 8.17. The van der Waals surface area contributed by atoms with E-state index in [9.17, 15) is 28.3 Å². The van der Waals surface area contributed by atoms with Gasteiger partial charge in [-0.05, 0) is 17.7 Å². The second kappa shape index (κ2) is 7.86. The Bertz CT molecular complexity index is 1170. The summed E-state index contributed by atoms with van der Waals surface area (Å²) in [4.78, 5) is 12.3. The van der Waals surface area contributed by atoms with Crippen molar-refractivity contribution in [1.29, 1.82) is 0 Å². The first-order valence-electron chi connectivity index (χ1n) is 8.90. The highest BCUT2D eigenvalue weighted by molar-refractivity contribution is 7.85. The molecule has 0 radical (unpaired) electrons. The molecule has 13 heteroatoms. The number of rotatable bonds is 6. The Morgan fingerprint density at radius 2 is 1.97 bits per heavy atom. The molecule has 1 unspecified atom stereocenters. The fraction of sp³-hybridized carbons (Fsp3) is 0.353. The highest BCUT2D eigenvalue weighted by atomic mass is 32.2. The molecule has 1 aliphatic heterocycles. The van der Waals surface area contributed by atoms with Gasteiger partial charge in [-0.1, -0.05) is 12.1 Å². The molecular weight excluding hydrogens is 418 g/mol. The van der Waals surface area contributed by atoms with E-state index >= 15 is 0 Å². The lowest BCUT2D eigenvalue weighted by Crippen LogP contribution is -2.33. The lowest BCUT2D eigenvalue weighted by atomic mass is 10.1. The smallest absolute Gasteiger partial charge is 0.294 e. The molecule has 0 amide bonds. The van der Waals surface area contributed by atoms with Gasteiger partial charge in [-0.15, -0.1) is 0 Å². The Balaban J connectivity index is 1.59. The van der Waals surface area contributed by atoms with Crippen LogP contribution in [0.1, 0.15) is 11.8 Å². The summed E-state index contributed by atoms with van der Waals surface area (Å²) >= 11 is 0. The van der Waals surface area contributed by atoms with Crippen LogP contribution < -0.4 is 5.32 Å². The minimum atomic E-state index is -4.31. The van der Waals surface area contributed by atoms with Crippen LogP contribution in [-0.4, -0.2) is 72.7 Å². The molecule has 30 heavy (non-hydrogen) atoms. The lowest BCUT2D eigenvalue weighted by Gasteiger charge is -2.16. The zero-order chi connectivity index (χ0) is 21.5. The number of benzene rings is 1. The first-order valence-corrected chi connectivity index (χ1v) is 10.3. The monoisotopic (exact) mass is 437 g/mol. The maximum absolute atomic E-state index is 11.3. The Morgan fingerprint density at radius 3 is 2.67 bits per heavy atom. The minimum Gasteiger partial charge on any atom is -0.394 e. The molecule has 0 aliphatic carbocycles. The van der Waals surface area contributed by atoms with Gasteiger partial charge in [0.2, 0.25) is 0 Å². The van der Waals surface area contributed by atoms with Gasteiger partial charge >= 0.3 is 0 Å². The van der Waals surface area contributed by atoms with E-state index in [-0.39, 0.29) is 11.4 Å². The van der Waals surface area contributed by atoms with E-state index in [0.717, 1.165) is 0 Å². The summed E-state index contributed by atoms with van der Waals surface area (Å²) in [6.07, 6.45) is -1.81. The summed E-state index contributed by atoms with van der Waals surface area (Å²) in [5.74, 6) is 0.350. The molecule has 1 aromatic carbocycles. The van der Waals surface area contributed by atoms with Crippen molar-refractivity contribution in [2.24, 2.45) is 0 Å². The van der Waals surface area contributed by atoms with E-state index in [2.05, 4.69) is 20.3 Å². The van der Waals surface area contributed by atoms with Crippen molar-refractivity contribution in [3.05, 3.63) is 42.5 Å². The third-order valence-corrected chi connectivity index (χ3v) is 5.66. The summed E-state index contributed by atoms with van der Waals surface area (Å²) in [7, 11) is -4.31. The van der Waals surface area contributed by atoms with Gasteiger partial charge in [0.15, 0.2) is 23.2 Å². The Kier molecular flexibility index (Phi) is 5.40. The predicted octanol–water partition coefficient (Wildman–Crippen LogP) is -0.703. The van der Waals surface area contributed by atoms with Crippen LogP contribution in [0.25, 0.3) is 11.2 Å². The number of aromatic nitrogens is 4. The van der Waals surface area contributed by atoms with E-state index in [1.54, 1.807) is 6.07 Å². The number of nitrogens with one attached hydrogen (secondary N) is 1. The van der Waals surface area contributed by atoms with Crippen LogP contribution in [0.4, 0.5) is 5.82 Å². The molecule has 0 bridgehead atoms. The quantitative estimate of drug-likeness (QED) is 0.308. The number of nitrogens with zero attached hydrogens (tertiary/aromatic N) is 4. The summed E-state index contributed by atoms with van der Waals surface area (Å²) < 4.78 is 38.7. The first kappa shape index (κ1) is 20.6. The third-order valence-electron chi connectivity index (χ3n) is 4.81. The number of hydrogen-bond acceptors (Lipinski definition) is 10. The molecule has 1 fully saturated rings. The van der Waals surface area contributed by atoms with Crippen LogP contribution in [-0.2, 0) is 21.4 Å². The van der Waals surface area contributed by atoms with Gasteiger partial charge in [0, 0.05) is 6.54 Å². The van der Waals surface area contributed by atoms with Crippen molar-refractivity contribution >= 4 is 27.1 Å². The van der Waals surface area contributed by atoms with Gasteiger partial charge in [-0.25, -0.2) is 15.0 Å². The van der Waals surface area contributed by atoms with Gasteiger partial charge in [-0.3, -0.25) is 9.12 Å². The lowest BCUT2D eigenvalue weighted by molar-refractivity contribution is -0.0511. The number of aliphatic hydroxyl groups excluding tert-OH is 3. The SMILES string of the molecule is O=S(=O)(O)c1cccc(CNc2ncnc3c2ncn3C2O[C@H](CO)[C@@H](O)[C@H]2O)c1. The van der Waals surface area contributed by atoms with E-state index in [1.807, 2.05) is 0 Å². The molecule has 5 N–H and O–H groups in total. The standard InChI is InChI=1S/C17H19N5O7S/c23-6-11-13(24)14(25)17(29-11)22-8-21-12-15(19-7-20-16(12)22)18-5-9-2-1-3-10(4-9)30(26,27)28/h1-4,7-8,11,13-14,17,23-25H,5-6H2,(H,18,19,20)(H,26,27,28)/t11-,13-,14-,17?/m1/s1. The molecular formula is C17H19N5O7S. The molecule has 4 atom stereocenters. The molecule has 2 aromatic heterocycles. The van der Waals surface area contributed by atoms with E-state index < -0.39 is 41.3 Å². The highest BCUT2D eigenvalue weighted by Gasteiger charge is 2.44. The average molecular weight is 437 g/mol. The Labute approximate surface area is 170 Å². The van der Waals surface area contributed by atoms with Crippen molar-refractivity contribution in [1.82, 2.24) is 19.5 Å². The Hall–Kier alpha value is -2.68. The maximum Gasteiger partial charge on any atom is 0.294 e. The zero-order valence-electron chi connectivity index (χ0n) is 15.4. The molecule has 3 aromatic rings. The normalized spacial score (nSPS) is 24.4. The zero-order valence-corrected chi connectivity index (χ0v) is 16.2. The van der Waals surface area contributed by atoms with Crippen LogP contribution in [0.2, 0.25) is 0 Å². The van der Waals surface area contributed by atoms with Gasteiger partial charge < -0.3 is 25.4 Å². The van der Waals surface area contributed by atoms with Crippen LogP contribution in [0, 0.1) is 0 Å².